The number of pyridine rings is 1. The maximum Gasteiger partial charge on any atom is 0.309 e. The summed E-state index contributed by atoms with van der Waals surface area (Å²) in [4.78, 5) is 21.3. The van der Waals surface area contributed by atoms with E-state index in [1.54, 1.807) is 31.5 Å². The number of piperidine rings is 1. The molecule has 0 amide bonds. The number of hydrogen-bond acceptors (Lipinski definition) is 6. The van der Waals surface area contributed by atoms with Crippen molar-refractivity contribution in [2.24, 2.45) is 5.41 Å². The van der Waals surface area contributed by atoms with Gasteiger partial charge in [0.1, 0.15) is 11.9 Å². The average molecular weight is 614 g/mol. The normalized spacial score (nSPS) is 18.0. The van der Waals surface area contributed by atoms with Gasteiger partial charge in [0.2, 0.25) is 0 Å². The number of aliphatic carboxylic acids is 1. The molecule has 2 saturated heterocycles. The Kier molecular flexibility index (Phi) is 10.0. The van der Waals surface area contributed by atoms with Gasteiger partial charge in [0.25, 0.3) is 0 Å². The van der Waals surface area contributed by atoms with E-state index >= 15 is 4.39 Å². The lowest BCUT2D eigenvalue weighted by Gasteiger charge is -2.38. The van der Waals surface area contributed by atoms with Crippen molar-refractivity contribution in [1.82, 2.24) is 14.8 Å². The van der Waals surface area contributed by atoms with Crippen LogP contribution in [0.4, 0.5) is 17.6 Å². The molecule has 0 radical (unpaired) electrons. The summed E-state index contributed by atoms with van der Waals surface area (Å²) in [5, 5.41) is 10.9. The van der Waals surface area contributed by atoms with Crippen molar-refractivity contribution in [2.45, 2.75) is 38.4 Å². The van der Waals surface area contributed by atoms with E-state index in [4.69, 9.17) is 9.47 Å². The highest BCUT2D eigenvalue weighted by Gasteiger charge is 2.42. The predicted octanol–water partition coefficient (Wildman–Crippen LogP) is 5.50. The van der Waals surface area contributed by atoms with Crippen molar-refractivity contribution in [2.75, 3.05) is 53.0 Å². The first-order valence-electron chi connectivity index (χ1n) is 14.7. The van der Waals surface area contributed by atoms with Crippen LogP contribution in [0.5, 0.6) is 5.75 Å². The molecule has 0 aliphatic carbocycles. The topological polar surface area (TPSA) is 75.1 Å². The summed E-state index contributed by atoms with van der Waals surface area (Å²) in [6.45, 7) is 4.27. The third-order valence-electron chi connectivity index (χ3n) is 8.67. The Bertz CT molecular complexity index is 1540. The van der Waals surface area contributed by atoms with Crippen LogP contribution in [0.2, 0.25) is 0 Å². The zero-order valence-corrected chi connectivity index (χ0v) is 24.6. The molecule has 1 aromatic heterocycles. The zero-order valence-electron chi connectivity index (χ0n) is 24.6. The van der Waals surface area contributed by atoms with E-state index in [0.29, 0.717) is 67.9 Å². The van der Waals surface area contributed by atoms with Crippen molar-refractivity contribution < 1.29 is 36.9 Å². The van der Waals surface area contributed by atoms with Crippen LogP contribution in [-0.4, -0.2) is 78.9 Å². The molecule has 7 nitrogen and oxygen atoms in total. The van der Waals surface area contributed by atoms with Crippen LogP contribution < -0.4 is 4.74 Å². The van der Waals surface area contributed by atoms with Crippen LogP contribution in [0.1, 0.15) is 48.5 Å². The average Bonchev–Trinajstić information content (AvgIpc) is 3.03. The van der Waals surface area contributed by atoms with E-state index in [9.17, 15) is 23.1 Å². The molecule has 0 saturated carbocycles. The number of carboxylic acid groups (broad SMARTS) is 1. The van der Waals surface area contributed by atoms with E-state index < -0.39 is 35.0 Å². The lowest BCUT2D eigenvalue weighted by molar-refractivity contribution is -0.152. The van der Waals surface area contributed by atoms with Gasteiger partial charge < -0.3 is 14.6 Å². The van der Waals surface area contributed by atoms with Gasteiger partial charge in [0.15, 0.2) is 17.5 Å². The second-order valence-electron chi connectivity index (χ2n) is 11.4. The molecular weight excluding hydrogens is 578 g/mol. The minimum Gasteiger partial charge on any atom is -0.497 e. The fourth-order valence-electron chi connectivity index (χ4n) is 5.99. The van der Waals surface area contributed by atoms with Gasteiger partial charge in [-0.25, -0.2) is 17.6 Å². The fraction of sp³-hybridized carbons (Fsp3) is 0.455. The molecule has 0 unspecified atom stereocenters. The van der Waals surface area contributed by atoms with Gasteiger partial charge in [-0.1, -0.05) is 11.8 Å². The summed E-state index contributed by atoms with van der Waals surface area (Å²) < 4.78 is 67.4. The first kappa shape index (κ1) is 31.7. The highest BCUT2D eigenvalue weighted by Crippen LogP contribution is 2.41. The SMILES string of the molecule is COc1ccc2ncc(CN3CCOCC3)c([C@@H](F)CCC3(C(=O)O)CCN(CC#Cc4cc(F)c(F)c(F)c4)CC3)c2c1. The number of halogens is 4. The Labute approximate surface area is 253 Å². The number of aromatic nitrogens is 1. The lowest BCUT2D eigenvalue weighted by Crippen LogP contribution is -2.44. The minimum atomic E-state index is -1.54. The molecule has 1 N–H and O–H groups in total. The maximum absolute atomic E-state index is 16.4. The number of carboxylic acids is 1. The quantitative estimate of drug-likeness (QED) is 0.194. The maximum atomic E-state index is 16.4. The monoisotopic (exact) mass is 613 g/mol. The number of benzene rings is 2. The van der Waals surface area contributed by atoms with Crippen molar-refractivity contribution in [1.29, 1.82) is 0 Å². The lowest BCUT2D eigenvalue weighted by atomic mass is 9.74. The largest absolute Gasteiger partial charge is 0.497 e. The summed E-state index contributed by atoms with van der Waals surface area (Å²) in [5.74, 6) is 0.925. The van der Waals surface area contributed by atoms with E-state index in [-0.39, 0.29) is 24.9 Å². The number of alkyl halides is 1. The standard InChI is InChI=1S/C33H35F4N3O4/c1-43-24-4-5-29-25(19-24)30(23(20-38-29)21-40-13-15-44-16-14-40)26(34)6-7-33(32(41)42)8-11-39(12-9-33)10-2-3-22-17-27(35)31(37)28(36)18-22/h4-5,17-20,26H,6-16,21H2,1H3,(H,41,42)/t26-/m0/s1. The highest BCUT2D eigenvalue weighted by atomic mass is 19.2. The molecule has 0 bridgehead atoms. The molecule has 5 rings (SSSR count). The smallest absolute Gasteiger partial charge is 0.309 e. The molecule has 234 valence electrons. The van der Waals surface area contributed by atoms with Crippen molar-refractivity contribution in [3.8, 4) is 17.6 Å². The Balaban J connectivity index is 1.28. The number of ether oxygens (including phenoxy) is 2. The van der Waals surface area contributed by atoms with Gasteiger partial charge in [0, 0.05) is 55.4 Å². The van der Waals surface area contributed by atoms with E-state index in [1.807, 2.05) is 4.90 Å². The van der Waals surface area contributed by atoms with Crippen molar-refractivity contribution in [3.05, 3.63) is 70.7 Å². The molecule has 3 aromatic rings. The second-order valence-corrected chi connectivity index (χ2v) is 11.4. The summed E-state index contributed by atoms with van der Waals surface area (Å²) in [5.41, 5.74) is 0.841. The van der Waals surface area contributed by atoms with Gasteiger partial charge in [-0.3, -0.25) is 19.6 Å². The number of carbonyl (C=O) groups is 1. The summed E-state index contributed by atoms with van der Waals surface area (Å²) >= 11 is 0. The number of nitrogens with zero attached hydrogens (tertiary/aromatic N) is 3. The Hall–Kier alpha value is -3.72. The predicted molar refractivity (Wildman–Crippen MR) is 156 cm³/mol. The number of rotatable bonds is 9. The molecule has 44 heavy (non-hydrogen) atoms. The molecule has 2 aliphatic rings. The first-order chi connectivity index (χ1) is 21.2. The van der Waals surface area contributed by atoms with Gasteiger partial charge in [-0.15, -0.1) is 0 Å². The molecule has 0 spiro atoms. The molecule has 2 aliphatic heterocycles. The zero-order chi connectivity index (χ0) is 31.3. The van der Waals surface area contributed by atoms with Gasteiger partial charge in [0.05, 0.1) is 37.8 Å². The third-order valence-corrected chi connectivity index (χ3v) is 8.67. The fourth-order valence-corrected chi connectivity index (χ4v) is 5.99. The Morgan fingerprint density at radius 1 is 1.09 bits per heavy atom. The van der Waals surface area contributed by atoms with Crippen LogP contribution in [-0.2, 0) is 16.1 Å². The molecule has 3 heterocycles. The first-order valence-corrected chi connectivity index (χ1v) is 14.7. The van der Waals surface area contributed by atoms with E-state index in [1.165, 1.54) is 0 Å². The van der Waals surface area contributed by atoms with E-state index in [0.717, 1.165) is 30.8 Å². The third kappa shape index (κ3) is 7.15. The Morgan fingerprint density at radius 3 is 2.45 bits per heavy atom. The van der Waals surface area contributed by atoms with Gasteiger partial charge in [-0.2, -0.15) is 0 Å². The molecule has 11 heteroatoms. The second kappa shape index (κ2) is 13.9. The Morgan fingerprint density at radius 2 is 1.80 bits per heavy atom. The van der Waals surface area contributed by atoms with Crippen LogP contribution in [0, 0.1) is 34.7 Å². The number of fused-ring (bicyclic) bond motifs is 1. The van der Waals surface area contributed by atoms with Gasteiger partial charge in [-0.05, 0) is 61.6 Å². The van der Waals surface area contributed by atoms with Crippen molar-refractivity contribution in [3.63, 3.8) is 0 Å². The van der Waals surface area contributed by atoms with Crippen LogP contribution >= 0.6 is 0 Å². The molecule has 1 atom stereocenters. The summed E-state index contributed by atoms with van der Waals surface area (Å²) in [6, 6.07) is 7.02. The van der Waals surface area contributed by atoms with Crippen LogP contribution in [0.15, 0.2) is 36.5 Å². The number of morpholine rings is 1. The number of likely N-dealkylation sites (tertiary alicyclic amines) is 1. The molecule has 2 aromatic carbocycles. The molecule has 2 fully saturated rings. The molecular formula is C33H35F4N3O4. The van der Waals surface area contributed by atoms with E-state index in [2.05, 4.69) is 21.7 Å². The highest BCUT2D eigenvalue weighted by molar-refractivity contribution is 5.85. The number of methoxy groups -OCH3 is 1. The van der Waals surface area contributed by atoms with Crippen molar-refractivity contribution >= 4 is 16.9 Å². The van der Waals surface area contributed by atoms with Crippen LogP contribution in [0.3, 0.4) is 0 Å². The number of hydrogen-bond donors (Lipinski definition) is 1. The summed E-state index contributed by atoms with van der Waals surface area (Å²) in [6.07, 6.45) is 1.10. The summed E-state index contributed by atoms with van der Waals surface area (Å²) in [7, 11) is 1.55. The minimum absolute atomic E-state index is 0.0153. The van der Waals surface area contributed by atoms with Gasteiger partial charge >= 0.3 is 5.97 Å². The van der Waals surface area contributed by atoms with Crippen LogP contribution in [0.25, 0.3) is 10.9 Å².